The first-order chi connectivity index (χ1) is 8.00. The average molecular weight is 290 g/mol. The number of fused-ring (bicyclic) bond motifs is 3. The van der Waals surface area contributed by atoms with Crippen molar-refractivity contribution in [2.75, 3.05) is 5.32 Å². The molecule has 0 radical (unpaired) electrons. The topological polar surface area (TPSA) is 12.0 Å². The Kier molecular flexibility index (Phi) is 2.27. The average Bonchev–Trinajstić information content (AvgIpc) is 2.50. The molecule has 0 saturated heterocycles. The minimum absolute atomic E-state index is 0.183. The van der Waals surface area contributed by atoms with Crippen LogP contribution in [0.1, 0.15) is 26.3 Å². The van der Waals surface area contributed by atoms with E-state index in [1.165, 1.54) is 22.0 Å². The van der Waals surface area contributed by atoms with Gasteiger partial charge in [-0.1, -0.05) is 41.9 Å². The summed E-state index contributed by atoms with van der Waals surface area (Å²) in [5.41, 5.74) is 2.93. The summed E-state index contributed by atoms with van der Waals surface area (Å²) in [6.07, 6.45) is 0. The van der Waals surface area contributed by atoms with Crippen molar-refractivity contribution in [2.45, 2.75) is 32.2 Å². The summed E-state index contributed by atoms with van der Waals surface area (Å²) in [5, 5.41) is 6.26. The Morgan fingerprint density at radius 2 is 1.94 bits per heavy atom. The molecule has 1 atom stereocenters. The lowest BCUT2D eigenvalue weighted by atomic mass is 9.79. The molecule has 1 nitrogen and oxygen atoms in total. The Bertz CT molecular complexity index is 601. The van der Waals surface area contributed by atoms with Crippen molar-refractivity contribution < 1.29 is 0 Å². The van der Waals surface area contributed by atoms with E-state index in [1.54, 1.807) is 0 Å². The smallest absolute Gasteiger partial charge is 0.0387 e. The summed E-state index contributed by atoms with van der Waals surface area (Å²) in [7, 11) is 0. The normalized spacial score (nSPS) is 21.3. The third-order valence-corrected chi connectivity index (χ3v) is 4.57. The molecule has 2 heteroatoms. The van der Waals surface area contributed by atoms with Gasteiger partial charge in [0.05, 0.1) is 0 Å². The molecule has 3 rings (SSSR count). The van der Waals surface area contributed by atoms with Crippen molar-refractivity contribution >= 4 is 32.4 Å². The summed E-state index contributed by atoms with van der Waals surface area (Å²) in [4.78, 5) is 0. The molecule has 0 aromatic heterocycles. The molecule has 88 valence electrons. The summed E-state index contributed by atoms with van der Waals surface area (Å²) in [5.74, 6) is 0. The maximum Gasteiger partial charge on any atom is 0.0387 e. The highest BCUT2D eigenvalue weighted by Gasteiger charge is 2.37. The Morgan fingerprint density at radius 3 is 2.71 bits per heavy atom. The van der Waals surface area contributed by atoms with Gasteiger partial charge in [0.15, 0.2) is 0 Å². The van der Waals surface area contributed by atoms with E-state index < -0.39 is 0 Å². The van der Waals surface area contributed by atoms with Gasteiger partial charge >= 0.3 is 0 Å². The quantitative estimate of drug-likeness (QED) is 0.742. The van der Waals surface area contributed by atoms with Crippen LogP contribution in [-0.4, -0.2) is 6.04 Å². The molecule has 1 aliphatic heterocycles. The predicted molar refractivity (Wildman–Crippen MR) is 77.8 cm³/mol. The maximum absolute atomic E-state index is 3.58. The van der Waals surface area contributed by atoms with Crippen LogP contribution in [0.15, 0.2) is 34.8 Å². The van der Waals surface area contributed by atoms with E-state index in [1.807, 2.05) is 0 Å². The molecule has 1 unspecified atom stereocenters. The zero-order valence-electron chi connectivity index (χ0n) is 10.3. The van der Waals surface area contributed by atoms with Crippen LogP contribution in [0.4, 0.5) is 5.69 Å². The third kappa shape index (κ3) is 1.50. The van der Waals surface area contributed by atoms with Gasteiger partial charge < -0.3 is 5.32 Å². The van der Waals surface area contributed by atoms with Crippen LogP contribution in [0.3, 0.4) is 0 Å². The van der Waals surface area contributed by atoms with E-state index >= 15 is 0 Å². The zero-order valence-corrected chi connectivity index (χ0v) is 11.9. The molecule has 17 heavy (non-hydrogen) atoms. The third-order valence-electron chi connectivity index (χ3n) is 4.08. The number of hydrogen-bond donors (Lipinski definition) is 1. The molecule has 1 aliphatic rings. The van der Waals surface area contributed by atoms with E-state index in [9.17, 15) is 0 Å². The molecule has 2 aromatic rings. The van der Waals surface area contributed by atoms with Crippen LogP contribution in [0.25, 0.3) is 10.8 Å². The minimum Gasteiger partial charge on any atom is -0.381 e. The Morgan fingerprint density at radius 1 is 1.18 bits per heavy atom. The second-order valence-corrected chi connectivity index (χ2v) is 6.36. The van der Waals surface area contributed by atoms with Crippen molar-refractivity contribution in [1.29, 1.82) is 0 Å². The highest BCUT2D eigenvalue weighted by molar-refractivity contribution is 9.10. The van der Waals surface area contributed by atoms with Crippen molar-refractivity contribution in [3.05, 3.63) is 40.4 Å². The first-order valence-corrected chi connectivity index (χ1v) is 6.79. The number of hydrogen-bond acceptors (Lipinski definition) is 1. The van der Waals surface area contributed by atoms with Gasteiger partial charge in [-0.3, -0.25) is 0 Å². The largest absolute Gasteiger partial charge is 0.381 e. The molecule has 0 amide bonds. The van der Waals surface area contributed by atoms with Crippen LogP contribution >= 0.6 is 15.9 Å². The van der Waals surface area contributed by atoms with E-state index in [-0.39, 0.29) is 5.41 Å². The molecule has 0 fully saturated rings. The number of halogens is 1. The fraction of sp³-hybridized carbons (Fsp3) is 0.333. The molecule has 2 aromatic carbocycles. The maximum atomic E-state index is 3.58. The lowest BCUT2D eigenvalue weighted by Crippen LogP contribution is -2.30. The summed E-state index contributed by atoms with van der Waals surface area (Å²) >= 11 is 3.54. The van der Waals surface area contributed by atoms with Gasteiger partial charge in [-0.05, 0) is 41.5 Å². The van der Waals surface area contributed by atoms with Crippen molar-refractivity contribution in [2.24, 2.45) is 0 Å². The fourth-order valence-corrected chi connectivity index (χ4v) is 3.12. The zero-order chi connectivity index (χ0) is 12.2. The van der Waals surface area contributed by atoms with Gasteiger partial charge in [0.25, 0.3) is 0 Å². The summed E-state index contributed by atoms with van der Waals surface area (Å²) in [6, 6.07) is 11.4. The SMILES string of the molecule is CC1Nc2ccc3cc(Br)ccc3c2C1(C)C. The molecule has 0 aliphatic carbocycles. The van der Waals surface area contributed by atoms with E-state index in [0.717, 1.165) is 4.47 Å². The predicted octanol–water partition coefficient (Wildman–Crippen LogP) is 4.69. The summed E-state index contributed by atoms with van der Waals surface area (Å²) in [6.45, 7) is 6.89. The second kappa shape index (κ2) is 3.49. The first kappa shape index (κ1) is 11.1. The second-order valence-electron chi connectivity index (χ2n) is 5.44. The Balaban J connectivity index is 2.38. The van der Waals surface area contributed by atoms with Gasteiger partial charge in [0.2, 0.25) is 0 Å². The van der Waals surface area contributed by atoms with E-state index in [2.05, 4.69) is 72.3 Å². The van der Waals surface area contributed by atoms with Gasteiger partial charge in [0.1, 0.15) is 0 Å². The van der Waals surface area contributed by atoms with Crippen molar-refractivity contribution in [3.63, 3.8) is 0 Å². The van der Waals surface area contributed by atoms with Gasteiger partial charge in [-0.2, -0.15) is 0 Å². The molecule has 0 spiro atoms. The fourth-order valence-electron chi connectivity index (χ4n) is 2.75. The highest BCUT2D eigenvalue weighted by atomic mass is 79.9. The van der Waals surface area contributed by atoms with Gasteiger partial charge in [-0.25, -0.2) is 0 Å². The van der Waals surface area contributed by atoms with Crippen LogP contribution in [-0.2, 0) is 5.41 Å². The summed E-state index contributed by atoms with van der Waals surface area (Å²) < 4.78 is 1.14. The van der Waals surface area contributed by atoms with E-state index in [4.69, 9.17) is 0 Å². The van der Waals surface area contributed by atoms with Gasteiger partial charge in [0, 0.05) is 21.6 Å². The van der Waals surface area contributed by atoms with Crippen LogP contribution in [0.2, 0.25) is 0 Å². The monoisotopic (exact) mass is 289 g/mol. The lowest BCUT2D eigenvalue weighted by Gasteiger charge is -2.25. The molecule has 0 bridgehead atoms. The Labute approximate surface area is 110 Å². The molecular weight excluding hydrogens is 274 g/mol. The van der Waals surface area contributed by atoms with E-state index in [0.29, 0.717) is 6.04 Å². The standard InChI is InChI=1S/C15H16BrN/c1-9-15(2,3)14-12-6-5-11(16)8-10(12)4-7-13(14)17-9/h4-9,17H,1-3H3. The van der Waals surface area contributed by atoms with Gasteiger partial charge in [-0.15, -0.1) is 0 Å². The number of benzene rings is 2. The highest BCUT2D eigenvalue weighted by Crippen LogP contribution is 2.44. The van der Waals surface area contributed by atoms with Crippen LogP contribution < -0.4 is 5.32 Å². The number of nitrogens with one attached hydrogen (secondary N) is 1. The minimum atomic E-state index is 0.183. The molecular formula is C15H16BrN. The molecule has 1 heterocycles. The number of rotatable bonds is 0. The molecule has 1 N–H and O–H groups in total. The lowest BCUT2D eigenvalue weighted by molar-refractivity contribution is 0.489. The van der Waals surface area contributed by atoms with Crippen LogP contribution in [0.5, 0.6) is 0 Å². The molecule has 0 saturated carbocycles. The van der Waals surface area contributed by atoms with Crippen LogP contribution in [0, 0.1) is 0 Å². The first-order valence-electron chi connectivity index (χ1n) is 5.99. The number of anilines is 1. The van der Waals surface area contributed by atoms with Crippen molar-refractivity contribution in [1.82, 2.24) is 0 Å². The Hall–Kier alpha value is -1.02. The van der Waals surface area contributed by atoms with Crippen molar-refractivity contribution in [3.8, 4) is 0 Å².